The molecule has 394 valence electrons. The topological polar surface area (TPSA) is 89.8 Å². The molecule has 0 aromatic carbocycles. The van der Waals surface area contributed by atoms with Gasteiger partial charge in [-0.15, -0.1) is 0 Å². The van der Waals surface area contributed by atoms with Crippen molar-refractivity contribution >= 4 is 5.91 Å². The Balaban J connectivity index is 3.57. The lowest BCUT2D eigenvalue weighted by molar-refractivity contribution is -0.131. The van der Waals surface area contributed by atoms with Crippen LogP contribution in [0, 0.1) is 0 Å². The molecule has 0 bridgehead atoms. The summed E-state index contributed by atoms with van der Waals surface area (Å²) >= 11 is 0. The van der Waals surface area contributed by atoms with Crippen LogP contribution in [0.15, 0.2) is 48.6 Å². The maximum atomic E-state index is 12.6. The first-order chi connectivity index (χ1) is 33.1. The van der Waals surface area contributed by atoms with E-state index in [0.29, 0.717) is 6.42 Å². The first kappa shape index (κ1) is 65.3. The van der Waals surface area contributed by atoms with Crippen molar-refractivity contribution in [1.82, 2.24) is 5.32 Å². The van der Waals surface area contributed by atoms with Gasteiger partial charge in [0, 0.05) is 0 Å². The molecule has 0 aromatic rings. The molecule has 5 heteroatoms. The van der Waals surface area contributed by atoms with Gasteiger partial charge in [-0.1, -0.05) is 300 Å². The summed E-state index contributed by atoms with van der Waals surface area (Å²) in [5.74, 6) is -0.509. The zero-order chi connectivity index (χ0) is 48.6. The van der Waals surface area contributed by atoms with Crippen LogP contribution in [0.4, 0.5) is 0 Å². The number of nitrogens with one attached hydrogen (secondary N) is 1. The van der Waals surface area contributed by atoms with Crippen molar-refractivity contribution in [3.63, 3.8) is 0 Å². The van der Waals surface area contributed by atoms with Gasteiger partial charge in [-0.2, -0.15) is 0 Å². The number of rotatable bonds is 55. The van der Waals surface area contributed by atoms with E-state index in [2.05, 4.69) is 55.6 Å². The third-order valence-electron chi connectivity index (χ3n) is 13.9. The third-order valence-corrected chi connectivity index (χ3v) is 13.9. The van der Waals surface area contributed by atoms with E-state index in [0.717, 1.165) is 44.9 Å². The molecule has 5 nitrogen and oxygen atoms in total. The van der Waals surface area contributed by atoms with Crippen LogP contribution >= 0.6 is 0 Å². The first-order valence-corrected chi connectivity index (χ1v) is 30.0. The summed E-state index contributed by atoms with van der Waals surface area (Å²) in [5, 5.41) is 33.4. The number of unbranched alkanes of at least 4 members (excludes halogenated alkanes) is 41. The van der Waals surface area contributed by atoms with Crippen LogP contribution in [0.3, 0.4) is 0 Å². The molecule has 3 unspecified atom stereocenters. The van der Waals surface area contributed by atoms with Gasteiger partial charge in [-0.05, 0) is 64.2 Å². The first-order valence-electron chi connectivity index (χ1n) is 30.0. The number of amides is 1. The molecule has 0 radical (unpaired) electrons. The highest BCUT2D eigenvalue weighted by Crippen LogP contribution is 2.17. The molecule has 3 atom stereocenters. The molecule has 67 heavy (non-hydrogen) atoms. The summed E-state index contributed by atoms with van der Waals surface area (Å²) in [6, 6.07) is -0.816. The number of aliphatic hydroxyl groups is 3. The van der Waals surface area contributed by atoms with Gasteiger partial charge in [0.2, 0.25) is 5.91 Å². The summed E-state index contributed by atoms with van der Waals surface area (Å²) < 4.78 is 0. The van der Waals surface area contributed by atoms with Crippen molar-refractivity contribution < 1.29 is 20.1 Å². The Morgan fingerprint density at radius 2 is 0.657 bits per heavy atom. The predicted octanol–water partition coefficient (Wildman–Crippen LogP) is 18.8. The standard InChI is InChI=1S/C62H117NO4/c1-3-5-7-9-11-13-15-17-19-21-23-25-26-27-28-29-30-31-32-33-34-35-37-39-41-43-45-47-49-51-53-55-57-61(66)62(67)63-59(58-64)60(65)56-54-52-50-48-46-44-42-40-38-36-24-22-20-18-16-14-12-10-8-6-4-2/h23,25,27-28,46,48,54,56,59-61,64-66H,3-22,24,26,29-45,47,49-53,55,57-58H2,1-2H3,(H,63,67)/b25-23-,28-27-,48-46+,56-54+. The SMILES string of the molecule is CCCCCCCCCCC/C=C\C/C=C\CCCCCCCCCCCCCCCCCCC(O)C(=O)NC(CO)C(O)/C=C/CC/C=C/CCCCCCCCCCCCCCCCC. The highest BCUT2D eigenvalue weighted by Gasteiger charge is 2.22. The number of allylic oxidation sites excluding steroid dienone is 7. The Kier molecular flexibility index (Phi) is 55.5. The van der Waals surface area contributed by atoms with E-state index in [1.807, 2.05) is 6.08 Å². The molecular weight excluding hydrogens is 823 g/mol. The van der Waals surface area contributed by atoms with Crippen molar-refractivity contribution in [3.8, 4) is 0 Å². The molecular formula is C62H117NO4. The lowest BCUT2D eigenvalue weighted by atomic mass is 10.0. The van der Waals surface area contributed by atoms with Gasteiger partial charge < -0.3 is 20.6 Å². The van der Waals surface area contributed by atoms with Gasteiger partial charge in [-0.3, -0.25) is 4.79 Å². The number of carbonyl (C=O) groups excluding carboxylic acids is 1. The summed E-state index contributed by atoms with van der Waals surface area (Å²) in [6.07, 6.45) is 76.3. The zero-order valence-electron chi connectivity index (χ0n) is 45.0. The average Bonchev–Trinajstić information content (AvgIpc) is 3.33. The van der Waals surface area contributed by atoms with Crippen LogP contribution in [0.2, 0.25) is 0 Å². The van der Waals surface area contributed by atoms with Gasteiger partial charge in [-0.25, -0.2) is 0 Å². The lowest BCUT2D eigenvalue weighted by Gasteiger charge is -2.21. The molecule has 0 saturated heterocycles. The smallest absolute Gasteiger partial charge is 0.249 e. The quantitative estimate of drug-likeness (QED) is 0.0361. The summed E-state index contributed by atoms with van der Waals surface area (Å²) in [7, 11) is 0. The van der Waals surface area contributed by atoms with Crippen LogP contribution in [0.25, 0.3) is 0 Å². The van der Waals surface area contributed by atoms with Crippen molar-refractivity contribution in [2.24, 2.45) is 0 Å². The molecule has 0 saturated carbocycles. The lowest BCUT2D eigenvalue weighted by Crippen LogP contribution is -2.48. The van der Waals surface area contributed by atoms with Gasteiger partial charge in [0.1, 0.15) is 6.10 Å². The van der Waals surface area contributed by atoms with Crippen molar-refractivity contribution in [2.45, 2.75) is 334 Å². The molecule has 4 N–H and O–H groups in total. The van der Waals surface area contributed by atoms with Crippen molar-refractivity contribution in [3.05, 3.63) is 48.6 Å². The van der Waals surface area contributed by atoms with Crippen LogP contribution in [0.5, 0.6) is 0 Å². The van der Waals surface area contributed by atoms with Gasteiger partial charge in [0.25, 0.3) is 0 Å². The highest BCUT2D eigenvalue weighted by molar-refractivity contribution is 5.80. The monoisotopic (exact) mass is 940 g/mol. The fraction of sp³-hybridized carbons (Fsp3) is 0.855. The molecule has 0 aromatic heterocycles. The normalized spacial score (nSPS) is 13.6. The van der Waals surface area contributed by atoms with E-state index in [-0.39, 0.29) is 6.61 Å². The molecule has 0 aliphatic rings. The van der Waals surface area contributed by atoms with Crippen LogP contribution < -0.4 is 5.32 Å². The minimum atomic E-state index is -1.11. The maximum Gasteiger partial charge on any atom is 0.249 e. The largest absolute Gasteiger partial charge is 0.394 e. The fourth-order valence-corrected chi connectivity index (χ4v) is 9.23. The minimum absolute atomic E-state index is 0.375. The average molecular weight is 941 g/mol. The van der Waals surface area contributed by atoms with Crippen LogP contribution in [-0.2, 0) is 4.79 Å². The summed E-state index contributed by atoms with van der Waals surface area (Å²) in [5.41, 5.74) is 0. The number of hydrogen-bond donors (Lipinski definition) is 4. The number of aliphatic hydroxyl groups excluding tert-OH is 3. The minimum Gasteiger partial charge on any atom is -0.394 e. The number of carbonyl (C=O) groups is 1. The molecule has 0 aliphatic carbocycles. The van der Waals surface area contributed by atoms with Crippen LogP contribution in [0.1, 0.15) is 316 Å². The Hall–Kier alpha value is -1.69. The molecule has 0 heterocycles. The van der Waals surface area contributed by atoms with E-state index in [4.69, 9.17) is 0 Å². The maximum absolute atomic E-state index is 12.6. The zero-order valence-corrected chi connectivity index (χ0v) is 45.0. The Labute approximate surface area is 418 Å². The van der Waals surface area contributed by atoms with E-state index in [9.17, 15) is 20.1 Å². The molecule has 0 fully saturated rings. The van der Waals surface area contributed by atoms with Crippen LogP contribution in [-0.4, -0.2) is 46.1 Å². The molecule has 0 spiro atoms. The van der Waals surface area contributed by atoms with Gasteiger partial charge in [0.05, 0.1) is 18.8 Å². The summed E-state index contributed by atoms with van der Waals surface area (Å²) in [6.45, 7) is 4.20. The second-order valence-electron chi connectivity index (χ2n) is 20.5. The van der Waals surface area contributed by atoms with Gasteiger partial charge in [0.15, 0.2) is 0 Å². The van der Waals surface area contributed by atoms with Gasteiger partial charge >= 0.3 is 0 Å². The van der Waals surface area contributed by atoms with E-state index in [1.54, 1.807) is 6.08 Å². The fourth-order valence-electron chi connectivity index (χ4n) is 9.23. The Bertz CT molecular complexity index is 1080. The third kappa shape index (κ3) is 52.0. The highest BCUT2D eigenvalue weighted by atomic mass is 16.3. The summed E-state index contributed by atoms with van der Waals surface area (Å²) in [4.78, 5) is 12.6. The molecule has 0 rings (SSSR count). The predicted molar refractivity (Wildman–Crippen MR) is 296 cm³/mol. The second-order valence-corrected chi connectivity index (χ2v) is 20.5. The van der Waals surface area contributed by atoms with E-state index in [1.165, 1.54) is 250 Å². The van der Waals surface area contributed by atoms with E-state index < -0.39 is 24.2 Å². The van der Waals surface area contributed by atoms with E-state index >= 15 is 0 Å². The van der Waals surface area contributed by atoms with Crippen molar-refractivity contribution in [2.75, 3.05) is 6.61 Å². The molecule has 1 amide bonds. The van der Waals surface area contributed by atoms with Crippen molar-refractivity contribution in [1.29, 1.82) is 0 Å². The molecule has 0 aliphatic heterocycles. The Morgan fingerprint density at radius 1 is 0.373 bits per heavy atom. The Morgan fingerprint density at radius 3 is 1.00 bits per heavy atom. The second kappa shape index (κ2) is 56.9. The number of hydrogen-bond acceptors (Lipinski definition) is 4.